The van der Waals surface area contributed by atoms with Crippen molar-refractivity contribution in [1.82, 2.24) is 29.5 Å². The number of hydrogen-bond acceptors (Lipinski definition) is 5. The molecule has 1 aliphatic carbocycles. The lowest BCUT2D eigenvalue weighted by Gasteiger charge is -2.21. The second-order valence-electron chi connectivity index (χ2n) is 9.43. The third-order valence-electron chi connectivity index (χ3n) is 6.88. The summed E-state index contributed by atoms with van der Waals surface area (Å²) in [6.07, 6.45) is 11.1. The number of carbonyl (C=O) groups excluding carboxylic acids is 1. The van der Waals surface area contributed by atoms with Crippen molar-refractivity contribution < 1.29 is 4.79 Å². The van der Waals surface area contributed by atoms with E-state index in [9.17, 15) is 4.79 Å². The van der Waals surface area contributed by atoms with Crippen LogP contribution in [0.25, 0.3) is 22.5 Å². The first kappa shape index (κ1) is 22.3. The van der Waals surface area contributed by atoms with Crippen LogP contribution in [-0.4, -0.2) is 35.4 Å². The molecule has 5 rings (SSSR count). The molecule has 0 unspecified atom stereocenters. The van der Waals surface area contributed by atoms with Crippen LogP contribution < -0.4 is 5.32 Å². The molecule has 4 aromatic rings. The standard InChI is InChI=1S/C26H31N7O/c1-17-9-11-21(13-18(17)2)32-25-22(15-29-32)26(28-16-27-25)33-23(14-19(3)31-33)30-24(34)12-10-20-7-5-4-6-8-20/h9,11,13-16,20H,4-8,10,12H2,1-3H3,(H,30,34). The highest BCUT2D eigenvalue weighted by Gasteiger charge is 2.19. The van der Waals surface area contributed by atoms with E-state index >= 15 is 0 Å². The monoisotopic (exact) mass is 457 g/mol. The van der Waals surface area contributed by atoms with Crippen LogP contribution in [0.2, 0.25) is 0 Å². The van der Waals surface area contributed by atoms with Gasteiger partial charge in [0.2, 0.25) is 5.91 Å². The molecule has 0 atom stereocenters. The maximum Gasteiger partial charge on any atom is 0.225 e. The maximum atomic E-state index is 12.8. The molecule has 8 nitrogen and oxygen atoms in total. The van der Waals surface area contributed by atoms with Crippen molar-refractivity contribution in [3.63, 3.8) is 0 Å². The fraction of sp³-hybridized carbons (Fsp3) is 0.423. The van der Waals surface area contributed by atoms with E-state index in [4.69, 9.17) is 0 Å². The first-order valence-electron chi connectivity index (χ1n) is 12.1. The minimum Gasteiger partial charge on any atom is -0.311 e. The summed E-state index contributed by atoms with van der Waals surface area (Å²) in [5.41, 5.74) is 4.85. The second-order valence-corrected chi connectivity index (χ2v) is 9.43. The van der Waals surface area contributed by atoms with Gasteiger partial charge in [-0.3, -0.25) is 4.79 Å². The fourth-order valence-electron chi connectivity index (χ4n) is 4.81. The third kappa shape index (κ3) is 4.44. The number of aryl methyl sites for hydroxylation is 3. The third-order valence-corrected chi connectivity index (χ3v) is 6.88. The van der Waals surface area contributed by atoms with Gasteiger partial charge in [-0.05, 0) is 56.4 Å². The second kappa shape index (κ2) is 9.37. The Balaban J connectivity index is 1.42. The van der Waals surface area contributed by atoms with Crippen LogP contribution >= 0.6 is 0 Å². The van der Waals surface area contributed by atoms with Crippen molar-refractivity contribution in [2.24, 2.45) is 5.92 Å². The first-order valence-corrected chi connectivity index (χ1v) is 12.1. The summed E-state index contributed by atoms with van der Waals surface area (Å²) in [5, 5.41) is 13.0. The number of amides is 1. The molecule has 176 valence electrons. The summed E-state index contributed by atoms with van der Waals surface area (Å²) in [7, 11) is 0. The first-order chi connectivity index (χ1) is 16.5. The van der Waals surface area contributed by atoms with E-state index in [1.807, 2.05) is 23.7 Å². The summed E-state index contributed by atoms with van der Waals surface area (Å²) in [4.78, 5) is 21.8. The molecule has 3 aromatic heterocycles. The van der Waals surface area contributed by atoms with Gasteiger partial charge in [-0.25, -0.2) is 14.6 Å². The Morgan fingerprint density at radius 2 is 1.85 bits per heavy atom. The SMILES string of the molecule is Cc1cc(NC(=O)CCC2CCCCC2)n(-c2ncnc3c2cnn3-c2ccc(C)c(C)c2)n1. The largest absolute Gasteiger partial charge is 0.311 e. The number of anilines is 1. The van der Waals surface area contributed by atoms with Crippen molar-refractivity contribution in [3.8, 4) is 11.5 Å². The highest BCUT2D eigenvalue weighted by atomic mass is 16.1. The van der Waals surface area contributed by atoms with Crippen LogP contribution in [0.1, 0.15) is 61.8 Å². The van der Waals surface area contributed by atoms with Crippen molar-refractivity contribution in [1.29, 1.82) is 0 Å². The molecule has 0 radical (unpaired) electrons. The van der Waals surface area contributed by atoms with Crippen LogP contribution in [-0.2, 0) is 4.79 Å². The zero-order chi connectivity index (χ0) is 23.7. The lowest BCUT2D eigenvalue weighted by atomic mass is 9.86. The van der Waals surface area contributed by atoms with Gasteiger partial charge < -0.3 is 5.32 Å². The van der Waals surface area contributed by atoms with Gasteiger partial charge in [-0.15, -0.1) is 0 Å². The van der Waals surface area contributed by atoms with Gasteiger partial charge in [-0.2, -0.15) is 14.9 Å². The molecule has 34 heavy (non-hydrogen) atoms. The van der Waals surface area contributed by atoms with Gasteiger partial charge in [0, 0.05) is 12.5 Å². The predicted octanol–water partition coefficient (Wildman–Crippen LogP) is 5.23. The normalized spacial score (nSPS) is 14.6. The highest BCUT2D eigenvalue weighted by Crippen LogP contribution is 2.28. The molecule has 1 aromatic carbocycles. The lowest BCUT2D eigenvalue weighted by molar-refractivity contribution is -0.116. The van der Waals surface area contributed by atoms with Gasteiger partial charge >= 0.3 is 0 Å². The molecular weight excluding hydrogens is 426 g/mol. The topological polar surface area (TPSA) is 90.5 Å². The highest BCUT2D eigenvalue weighted by molar-refractivity contribution is 5.91. The van der Waals surface area contributed by atoms with Crippen LogP contribution in [0.4, 0.5) is 5.82 Å². The molecule has 3 heterocycles. The maximum absolute atomic E-state index is 12.8. The van der Waals surface area contributed by atoms with E-state index in [1.165, 1.54) is 49.6 Å². The Morgan fingerprint density at radius 1 is 1.03 bits per heavy atom. The van der Waals surface area contributed by atoms with Crippen molar-refractivity contribution in [3.05, 3.63) is 53.6 Å². The minimum absolute atomic E-state index is 0.0165. The van der Waals surface area contributed by atoms with Crippen LogP contribution in [0, 0.1) is 26.7 Å². The summed E-state index contributed by atoms with van der Waals surface area (Å²) < 4.78 is 3.50. The van der Waals surface area contributed by atoms with Crippen LogP contribution in [0.5, 0.6) is 0 Å². The molecule has 0 saturated heterocycles. The van der Waals surface area contributed by atoms with Gasteiger partial charge in [0.1, 0.15) is 12.1 Å². The number of carbonyl (C=O) groups is 1. The Hall–Kier alpha value is -3.55. The van der Waals surface area contributed by atoms with Crippen LogP contribution in [0.3, 0.4) is 0 Å². The predicted molar refractivity (Wildman–Crippen MR) is 132 cm³/mol. The zero-order valence-corrected chi connectivity index (χ0v) is 20.1. The van der Waals surface area contributed by atoms with Gasteiger partial charge in [0.25, 0.3) is 0 Å². The number of aromatic nitrogens is 6. The number of rotatable bonds is 6. The van der Waals surface area contributed by atoms with E-state index < -0.39 is 0 Å². The van der Waals surface area contributed by atoms with Crippen molar-refractivity contribution >= 4 is 22.8 Å². The summed E-state index contributed by atoms with van der Waals surface area (Å²) in [6, 6.07) is 8.09. The number of hydrogen-bond donors (Lipinski definition) is 1. The fourth-order valence-corrected chi connectivity index (χ4v) is 4.81. The van der Waals surface area contributed by atoms with Gasteiger partial charge in [0.15, 0.2) is 11.5 Å². The number of nitrogens with zero attached hydrogens (tertiary/aromatic N) is 6. The molecule has 0 bridgehead atoms. The van der Waals surface area contributed by atoms with E-state index in [0.717, 1.165) is 23.2 Å². The van der Waals surface area contributed by atoms with E-state index in [0.29, 0.717) is 29.6 Å². The molecule has 1 aliphatic rings. The molecule has 0 aliphatic heterocycles. The summed E-state index contributed by atoms with van der Waals surface area (Å²) >= 11 is 0. The van der Waals surface area contributed by atoms with Crippen molar-refractivity contribution in [2.45, 2.75) is 65.7 Å². The number of benzene rings is 1. The summed E-state index contributed by atoms with van der Waals surface area (Å²) in [5.74, 6) is 1.90. The average molecular weight is 458 g/mol. The summed E-state index contributed by atoms with van der Waals surface area (Å²) in [6.45, 7) is 6.08. The van der Waals surface area contributed by atoms with E-state index in [2.05, 4.69) is 51.5 Å². The van der Waals surface area contributed by atoms with Gasteiger partial charge in [0.05, 0.1) is 23.0 Å². The Morgan fingerprint density at radius 3 is 2.65 bits per heavy atom. The molecular formula is C26H31N7O. The molecule has 1 N–H and O–H groups in total. The number of nitrogens with one attached hydrogen (secondary N) is 1. The van der Waals surface area contributed by atoms with E-state index in [-0.39, 0.29) is 5.91 Å². The lowest BCUT2D eigenvalue weighted by Crippen LogP contribution is -2.17. The van der Waals surface area contributed by atoms with E-state index in [1.54, 1.807) is 10.9 Å². The molecule has 1 fully saturated rings. The zero-order valence-electron chi connectivity index (χ0n) is 20.1. The Kier molecular flexibility index (Phi) is 6.13. The average Bonchev–Trinajstić information content (AvgIpc) is 3.43. The Bertz CT molecular complexity index is 1330. The molecule has 0 spiro atoms. The molecule has 1 amide bonds. The quantitative estimate of drug-likeness (QED) is 0.428. The molecule has 8 heteroatoms. The smallest absolute Gasteiger partial charge is 0.225 e. The van der Waals surface area contributed by atoms with Crippen LogP contribution in [0.15, 0.2) is 36.8 Å². The molecule has 1 saturated carbocycles. The Labute approximate surface area is 199 Å². The van der Waals surface area contributed by atoms with Crippen molar-refractivity contribution in [2.75, 3.05) is 5.32 Å². The number of fused-ring (bicyclic) bond motifs is 1. The minimum atomic E-state index is 0.0165. The van der Waals surface area contributed by atoms with Gasteiger partial charge in [-0.1, -0.05) is 38.2 Å².